The van der Waals surface area contributed by atoms with E-state index in [1.165, 1.54) is 6.07 Å². The van der Waals surface area contributed by atoms with Gasteiger partial charge in [-0.2, -0.15) is 5.10 Å². The molecule has 2 N–H and O–H groups in total. The van der Waals surface area contributed by atoms with Crippen LogP contribution in [0.25, 0.3) is 10.9 Å². The molecular formula is C16H16FN3. The highest BCUT2D eigenvalue weighted by molar-refractivity contribution is 5.90. The Morgan fingerprint density at radius 1 is 1.20 bits per heavy atom. The molecule has 0 bridgehead atoms. The van der Waals surface area contributed by atoms with Crippen LogP contribution < -0.4 is 5.32 Å². The van der Waals surface area contributed by atoms with Gasteiger partial charge in [0.25, 0.3) is 0 Å². The van der Waals surface area contributed by atoms with Crippen molar-refractivity contribution in [2.75, 3.05) is 5.32 Å². The molecule has 0 aliphatic rings. The van der Waals surface area contributed by atoms with Crippen molar-refractivity contribution in [2.24, 2.45) is 0 Å². The summed E-state index contributed by atoms with van der Waals surface area (Å²) in [5.74, 6) is -0.177. The van der Waals surface area contributed by atoms with Crippen LogP contribution in [-0.4, -0.2) is 10.2 Å². The lowest BCUT2D eigenvalue weighted by atomic mass is 10.0. The Kier molecular flexibility index (Phi) is 3.37. The van der Waals surface area contributed by atoms with Crippen LogP contribution in [0.1, 0.15) is 24.9 Å². The Balaban J connectivity index is 1.96. The van der Waals surface area contributed by atoms with Crippen molar-refractivity contribution in [1.82, 2.24) is 10.2 Å². The molecule has 0 radical (unpaired) electrons. The molecule has 4 heteroatoms. The van der Waals surface area contributed by atoms with Crippen molar-refractivity contribution < 1.29 is 4.39 Å². The molecule has 0 aliphatic carbocycles. The van der Waals surface area contributed by atoms with Crippen LogP contribution in [0.2, 0.25) is 0 Å². The first-order valence-electron chi connectivity index (χ1n) is 6.72. The van der Waals surface area contributed by atoms with Crippen molar-refractivity contribution in [3.8, 4) is 0 Å². The van der Waals surface area contributed by atoms with E-state index in [9.17, 15) is 4.39 Å². The summed E-state index contributed by atoms with van der Waals surface area (Å²) in [6.07, 6.45) is 2.58. The topological polar surface area (TPSA) is 40.7 Å². The summed E-state index contributed by atoms with van der Waals surface area (Å²) in [4.78, 5) is 0. The number of hydrogen-bond acceptors (Lipinski definition) is 2. The van der Waals surface area contributed by atoms with Gasteiger partial charge in [0.1, 0.15) is 5.82 Å². The van der Waals surface area contributed by atoms with Crippen molar-refractivity contribution in [3.05, 3.63) is 60.0 Å². The number of nitrogens with zero attached hydrogens (tertiary/aromatic N) is 1. The molecule has 1 heterocycles. The molecule has 0 saturated carbocycles. The van der Waals surface area contributed by atoms with Gasteiger partial charge >= 0.3 is 0 Å². The van der Waals surface area contributed by atoms with Gasteiger partial charge in [0.05, 0.1) is 23.4 Å². The number of para-hydroxylation sites is 1. The minimum Gasteiger partial charge on any atom is -0.376 e. The molecule has 3 aromatic rings. The molecule has 1 aromatic heterocycles. The number of H-pyrrole nitrogens is 1. The molecule has 3 rings (SSSR count). The highest BCUT2D eigenvalue weighted by Crippen LogP contribution is 2.28. The molecule has 0 aliphatic heterocycles. The first-order chi connectivity index (χ1) is 9.79. The lowest BCUT2D eigenvalue weighted by molar-refractivity contribution is 0.587. The largest absolute Gasteiger partial charge is 0.376 e. The third kappa shape index (κ3) is 2.25. The molecule has 2 aromatic carbocycles. The number of rotatable bonds is 4. The second-order valence-corrected chi connectivity index (χ2v) is 4.77. The summed E-state index contributed by atoms with van der Waals surface area (Å²) < 4.78 is 13.9. The predicted octanol–water partition coefficient (Wildman–Crippen LogP) is 4.27. The molecule has 0 spiro atoms. The zero-order chi connectivity index (χ0) is 13.9. The first kappa shape index (κ1) is 12.7. The second kappa shape index (κ2) is 5.33. The Morgan fingerprint density at radius 2 is 2.05 bits per heavy atom. The zero-order valence-electron chi connectivity index (χ0n) is 11.2. The van der Waals surface area contributed by atoms with Crippen LogP contribution >= 0.6 is 0 Å². The van der Waals surface area contributed by atoms with Crippen molar-refractivity contribution in [3.63, 3.8) is 0 Å². The number of aromatic amines is 1. The monoisotopic (exact) mass is 269 g/mol. The van der Waals surface area contributed by atoms with Crippen LogP contribution in [0, 0.1) is 5.82 Å². The molecule has 1 unspecified atom stereocenters. The van der Waals surface area contributed by atoms with Crippen LogP contribution in [0.3, 0.4) is 0 Å². The van der Waals surface area contributed by atoms with Gasteiger partial charge in [0.15, 0.2) is 0 Å². The molecule has 1 atom stereocenters. The SMILES string of the molecule is CCC(Nc1cccc2cn[nH]c12)c1ccccc1F. The Labute approximate surface area is 116 Å². The van der Waals surface area contributed by atoms with Crippen LogP contribution in [0.4, 0.5) is 10.1 Å². The average molecular weight is 269 g/mol. The van der Waals surface area contributed by atoms with E-state index in [1.54, 1.807) is 12.3 Å². The number of hydrogen-bond donors (Lipinski definition) is 2. The minimum atomic E-state index is -0.177. The van der Waals surface area contributed by atoms with E-state index in [-0.39, 0.29) is 11.9 Å². The van der Waals surface area contributed by atoms with Gasteiger partial charge in [-0.15, -0.1) is 0 Å². The van der Waals surface area contributed by atoms with Gasteiger partial charge in [-0.05, 0) is 18.6 Å². The molecule has 0 fully saturated rings. The van der Waals surface area contributed by atoms with Crippen molar-refractivity contribution >= 4 is 16.6 Å². The highest BCUT2D eigenvalue weighted by Gasteiger charge is 2.14. The summed E-state index contributed by atoms with van der Waals surface area (Å²) >= 11 is 0. The lowest BCUT2D eigenvalue weighted by Gasteiger charge is -2.19. The molecule has 0 amide bonds. The number of fused-ring (bicyclic) bond motifs is 1. The van der Waals surface area contributed by atoms with Gasteiger partial charge in [0, 0.05) is 10.9 Å². The number of anilines is 1. The number of nitrogens with one attached hydrogen (secondary N) is 2. The Morgan fingerprint density at radius 3 is 2.85 bits per heavy atom. The smallest absolute Gasteiger partial charge is 0.128 e. The van der Waals surface area contributed by atoms with Gasteiger partial charge in [-0.3, -0.25) is 5.10 Å². The quantitative estimate of drug-likeness (QED) is 0.742. The predicted molar refractivity (Wildman–Crippen MR) is 79.1 cm³/mol. The summed E-state index contributed by atoms with van der Waals surface area (Å²) in [5, 5.41) is 11.5. The first-order valence-corrected chi connectivity index (χ1v) is 6.72. The van der Waals surface area contributed by atoms with E-state index < -0.39 is 0 Å². The fourth-order valence-electron chi connectivity index (χ4n) is 2.43. The number of halogens is 1. The van der Waals surface area contributed by atoms with E-state index in [0.717, 1.165) is 23.0 Å². The number of aromatic nitrogens is 2. The van der Waals surface area contributed by atoms with Gasteiger partial charge in [0.2, 0.25) is 0 Å². The van der Waals surface area contributed by atoms with E-state index in [2.05, 4.69) is 15.5 Å². The maximum atomic E-state index is 13.9. The average Bonchev–Trinajstić information content (AvgIpc) is 2.95. The third-order valence-electron chi connectivity index (χ3n) is 3.50. The Hall–Kier alpha value is -2.36. The summed E-state index contributed by atoms with van der Waals surface area (Å²) in [6, 6.07) is 12.8. The van der Waals surface area contributed by atoms with E-state index >= 15 is 0 Å². The zero-order valence-corrected chi connectivity index (χ0v) is 11.2. The second-order valence-electron chi connectivity index (χ2n) is 4.77. The fourth-order valence-corrected chi connectivity index (χ4v) is 2.43. The van der Waals surface area contributed by atoms with Gasteiger partial charge in [-0.1, -0.05) is 37.3 Å². The molecular weight excluding hydrogens is 253 g/mol. The summed E-state index contributed by atoms with van der Waals surface area (Å²) in [5.41, 5.74) is 2.57. The van der Waals surface area contributed by atoms with E-state index in [4.69, 9.17) is 0 Å². The molecule has 3 nitrogen and oxygen atoms in total. The van der Waals surface area contributed by atoms with Crippen molar-refractivity contribution in [1.29, 1.82) is 0 Å². The van der Waals surface area contributed by atoms with Crippen LogP contribution in [0.15, 0.2) is 48.7 Å². The third-order valence-corrected chi connectivity index (χ3v) is 3.50. The lowest BCUT2D eigenvalue weighted by Crippen LogP contribution is -2.11. The standard InChI is InChI=1S/C16H16FN3/c1-2-14(12-7-3-4-8-13(12)17)19-15-9-5-6-11-10-18-20-16(11)15/h3-10,14,19H,2H2,1H3,(H,18,20). The molecule has 20 heavy (non-hydrogen) atoms. The molecule has 0 saturated heterocycles. The summed E-state index contributed by atoms with van der Waals surface area (Å²) in [7, 11) is 0. The Bertz CT molecular complexity index is 720. The van der Waals surface area contributed by atoms with Crippen LogP contribution in [-0.2, 0) is 0 Å². The normalized spacial score (nSPS) is 12.5. The highest BCUT2D eigenvalue weighted by atomic mass is 19.1. The van der Waals surface area contributed by atoms with Gasteiger partial charge in [-0.25, -0.2) is 4.39 Å². The minimum absolute atomic E-state index is 0.0647. The van der Waals surface area contributed by atoms with Crippen molar-refractivity contribution in [2.45, 2.75) is 19.4 Å². The fraction of sp³-hybridized carbons (Fsp3) is 0.188. The molecule has 102 valence electrons. The summed E-state index contributed by atoms with van der Waals surface area (Å²) in [6.45, 7) is 2.04. The van der Waals surface area contributed by atoms with Crippen LogP contribution in [0.5, 0.6) is 0 Å². The van der Waals surface area contributed by atoms with Gasteiger partial charge < -0.3 is 5.32 Å². The maximum Gasteiger partial charge on any atom is 0.128 e. The van der Waals surface area contributed by atoms with E-state index in [0.29, 0.717) is 5.56 Å². The number of benzene rings is 2. The maximum absolute atomic E-state index is 13.9. The van der Waals surface area contributed by atoms with E-state index in [1.807, 2.05) is 37.3 Å².